The molecule has 1 aliphatic carbocycles. The first kappa shape index (κ1) is 16.1. The summed E-state index contributed by atoms with van der Waals surface area (Å²) in [6, 6.07) is 7.74. The molecule has 5 heteroatoms. The molecule has 0 aromatic heterocycles. The minimum atomic E-state index is -0.213. The third kappa shape index (κ3) is 3.37. The molecule has 130 valence electrons. The first-order valence-corrected chi connectivity index (χ1v) is 8.86. The Labute approximate surface area is 147 Å². The van der Waals surface area contributed by atoms with Crippen LogP contribution in [0.15, 0.2) is 53.9 Å². The van der Waals surface area contributed by atoms with Crippen molar-refractivity contribution in [1.29, 1.82) is 0 Å². The van der Waals surface area contributed by atoms with E-state index in [2.05, 4.69) is 10.3 Å². The Kier molecular flexibility index (Phi) is 4.40. The van der Waals surface area contributed by atoms with Crippen LogP contribution in [0.3, 0.4) is 0 Å². The van der Waals surface area contributed by atoms with E-state index in [1.54, 1.807) is 12.5 Å². The molecular formula is C20H22N2O3. The Morgan fingerprint density at radius 2 is 1.88 bits per heavy atom. The number of nitrogens with one attached hydrogen (secondary N) is 1. The van der Waals surface area contributed by atoms with Crippen molar-refractivity contribution in [1.82, 2.24) is 5.32 Å². The van der Waals surface area contributed by atoms with Crippen LogP contribution in [0.2, 0.25) is 0 Å². The van der Waals surface area contributed by atoms with Crippen LogP contribution in [-0.2, 0) is 4.74 Å². The van der Waals surface area contributed by atoms with Gasteiger partial charge in [-0.25, -0.2) is 0 Å². The molecular weight excluding hydrogens is 316 g/mol. The molecule has 0 radical (unpaired) electrons. The highest BCUT2D eigenvalue weighted by Crippen LogP contribution is 2.27. The van der Waals surface area contributed by atoms with Crippen molar-refractivity contribution in [3.8, 4) is 0 Å². The maximum atomic E-state index is 12.4. The molecule has 1 saturated carbocycles. The normalized spacial score (nSPS) is 30.4. The van der Waals surface area contributed by atoms with Crippen molar-refractivity contribution < 1.29 is 14.6 Å². The average molecular weight is 338 g/mol. The molecule has 2 atom stereocenters. The molecule has 1 fully saturated rings. The van der Waals surface area contributed by atoms with Crippen LogP contribution in [0.25, 0.3) is 0 Å². The zero-order chi connectivity index (χ0) is 17.2. The van der Waals surface area contributed by atoms with Gasteiger partial charge in [-0.3, -0.25) is 9.79 Å². The average Bonchev–Trinajstić information content (AvgIpc) is 3.12. The topological polar surface area (TPSA) is 70.9 Å². The second-order valence-corrected chi connectivity index (χ2v) is 6.87. The van der Waals surface area contributed by atoms with Crippen molar-refractivity contribution in [2.75, 3.05) is 0 Å². The van der Waals surface area contributed by atoms with E-state index >= 15 is 0 Å². The number of hydrogen-bond donors (Lipinski definition) is 2. The van der Waals surface area contributed by atoms with Gasteiger partial charge in [-0.1, -0.05) is 12.1 Å². The molecule has 0 spiro atoms. The first-order chi connectivity index (χ1) is 12.2. The number of hydrogen-bond acceptors (Lipinski definition) is 4. The lowest BCUT2D eigenvalue weighted by atomic mass is 9.90. The van der Waals surface area contributed by atoms with Crippen LogP contribution in [0.1, 0.15) is 41.6 Å². The van der Waals surface area contributed by atoms with Gasteiger partial charge in [0.25, 0.3) is 5.91 Å². The zero-order valence-corrected chi connectivity index (χ0v) is 14.0. The van der Waals surface area contributed by atoms with Gasteiger partial charge in [0.05, 0.1) is 24.0 Å². The molecule has 1 aromatic rings. The van der Waals surface area contributed by atoms with E-state index in [9.17, 15) is 9.90 Å². The largest absolute Gasteiger partial charge is 0.493 e. The molecule has 2 N–H and O–H groups in total. The summed E-state index contributed by atoms with van der Waals surface area (Å²) in [6.45, 7) is 0. The summed E-state index contributed by atoms with van der Waals surface area (Å²) in [4.78, 5) is 16.9. The van der Waals surface area contributed by atoms with Crippen LogP contribution in [0.5, 0.6) is 0 Å². The summed E-state index contributed by atoms with van der Waals surface area (Å²) in [6.07, 6.45) is 10.5. The number of ether oxygens (including phenoxy) is 1. The summed E-state index contributed by atoms with van der Waals surface area (Å²) in [7, 11) is 0. The second-order valence-electron chi connectivity index (χ2n) is 6.87. The van der Waals surface area contributed by atoms with Crippen LogP contribution >= 0.6 is 0 Å². The van der Waals surface area contributed by atoms with Crippen molar-refractivity contribution in [2.45, 2.75) is 43.9 Å². The van der Waals surface area contributed by atoms with E-state index in [1.807, 2.05) is 36.4 Å². The number of aliphatic hydroxyl groups is 1. The van der Waals surface area contributed by atoms with Crippen LogP contribution in [0, 0.1) is 5.92 Å². The number of rotatable bonds is 3. The second kappa shape index (κ2) is 6.84. The Morgan fingerprint density at radius 1 is 1.12 bits per heavy atom. The monoisotopic (exact) mass is 338 g/mol. The van der Waals surface area contributed by atoms with Crippen molar-refractivity contribution in [3.05, 3.63) is 60.0 Å². The van der Waals surface area contributed by atoms with Gasteiger partial charge in [-0.05, 0) is 55.5 Å². The number of aliphatic imine (C=N–C) groups is 1. The Balaban J connectivity index is 1.43. The minimum Gasteiger partial charge on any atom is -0.493 e. The molecule has 5 nitrogen and oxygen atoms in total. The van der Waals surface area contributed by atoms with Crippen molar-refractivity contribution in [3.63, 3.8) is 0 Å². The lowest BCUT2D eigenvalue weighted by molar-refractivity contribution is 0.0867. The zero-order valence-electron chi connectivity index (χ0n) is 14.0. The van der Waals surface area contributed by atoms with Gasteiger partial charge in [0.15, 0.2) is 0 Å². The van der Waals surface area contributed by atoms with Crippen molar-refractivity contribution in [2.24, 2.45) is 10.9 Å². The fraction of sp³-hybridized carbons (Fsp3) is 0.400. The highest BCUT2D eigenvalue weighted by atomic mass is 16.5. The van der Waals surface area contributed by atoms with Gasteiger partial charge in [-0.15, -0.1) is 0 Å². The molecule has 25 heavy (non-hydrogen) atoms. The molecule has 0 saturated heterocycles. The van der Waals surface area contributed by atoms with Gasteiger partial charge < -0.3 is 15.2 Å². The van der Waals surface area contributed by atoms with Gasteiger partial charge >= 0.3 is 0 Å². The van der Waals surface area contributed by atoms with Crippen molar-refractivity contribution >= 4 is 11.6 Å². The Hall–Kier alpha value is -2.40. The van der Waals surface area contributed by atoms with E-state index in [-0.39, 0.29) is 30.1 Å². The summed E-state index contributed by atoms with van der Waals surface area (Å²) < 4.78 is 5.53. The highest BCUT2D eigenvalue weighted by Gasteiger charge is 2.30. The van der Waals surface area contributed by atoms with E-state index in [0.29, 0.717) is 5.56 Å². The van der Waals surface area contributed by atoms with Gasteiger partial charge in [-0.2, -0.15) is 0 Å². The molecule has 2 aliphatic heterocycles. The first-order valence-electron chi connectivity index (χ1n) is 8.86. The molecule has 4 rings (SSSR count). The minimum absolute atomic E-state index is 0.0251. The lowest BCUT2D eigenvalue weighted by Gasteiger charge is -2.26. The molecule has 2 heterocycles. The quantitative estimate of drug-likeness (QED) is 0.890. The van der Waals surface area contributed by atoms with Gasteiger partial charge in [0, 0.05) is 17.8 Å². The number of fused-ring (bicyclic) bond motifs is 1. The molecule has 1 amide bonds. The number of carbonyl (C=O) groups is 1. The summed E-state index contributed by atoms with van der Waals surface area (Å²) in [5, 5.41) is 12.6. The maximum absolute atomic E-state index is 12.4. The third-order valence-corrected chi connectivity index (χ3v) is 5.16. The number of benzene rings is 1. The third-order valence-electron chi connectivity index (χ3n) is 5.16. The molecule has 2 unspecified atom stereocenters. The van der Waals surface area contributed by atoms with Crippen LogP contribution < -0.4 is 5.32 Å². The molecule has 3 aliphatic rings. The summed E-state index contributed by atoms with van der Waals surface area (Å²) in [5.74, 6) is 0.0822. The van der Waals surface area contributed by atoms with Crippen LogP contribution in [0.4, 0.5) is 0 Å². The lowest BCUT2D eigenvalue weighted by Crippen LogP contribution is -2.38. The number of carbonyl (C=O) groups excluding carboxylic acids is 1. The van der Waals surface area contributed by atoms with E-state index in [0.717, 1.165) is 37.0 Å². The predicted octanol–water partition coefficient (Wildman–Crippen LogP) is 2.57. The summed E-state index contributed by atoms with van der Waals surface area (Å²) >= 11 is 0. The summed E-state index contributed by atoms with van der Waals surface area (Å²) in [5.41, 5.74) is 2.62. The molecule has 0 bridgehead atoms. The standard InChI is InChI=1S/C20H22N2O3/c23-16-7-5-15(6-8-16)22-20(24)14-3-1-13(2-4-14)19-17-10-12-25-18(17)9-11-21-19/h1-4,9-12,15-18,23H,5-8H2,(H,22,24). The SMILES string of the molecule is O=C(NC1CCC(O)CC1)c1ccc(C2=NC=CC3OC=CC23)cc1. The molecule has 1 aromatic carbocycles. The van der Waals surface area contributed by atoms with E-state index in [1.165, 1.54) is 0 Å². The maximum Gasteiger partial charge on any atom is 0.251 e. The predicted molar refractivity (Wildman–Crippen MR) is 95.4 cm³/mol. The number of amides is 1. The fourth-order valence-corrected chi connectivity index (χ4v) is 3.67. The fourth-order valence-electron chi connectivity index (χ4n) is 3.67. The van der Waals surface area contributed by atoms with Gasteiger partial charge in [0.2, 0.25) is 0 Å². The van der Waals surface area contributed by atoms with Gasteiger partial charge in [0.1, 0.15) is 6.10 Å². The van der Waals surface area contributed by atoms with Crippen LogP contribution in [-0.4, -0.2) is 35.0 Å². The number of nitrogens with zero attached hydrogens (tertiary/aromatic N) is 1. The Morgan fingerprint density at radius 3 is 2.64 bits per heavy atom. The Bertz CT molecular complexity index is 728. The van der Waals surface area contributed by atoms with E-state index < -0.39 is 0 Å². The highest BCUT2D eigenvalue weighted by molar-refractivity contribution is 6.05. The van der Waals surface area contributed by atoms with E-state index in [4.69, 9.17) is 4.74 Å². The smallest absolute Gasteiger partial charge is 0.251 e. The number of aliphatic hydroxyl groups excluding tert-OH is 1.